The largest absolute Gasteiger partial charge is 0.497 e. The summed E-state index contributed by atoms with van der Waals surface area (Å²) in [6, 6.07) is 13.7. The van der Waals surface area contributed by atoms with Gasteiger partial charge in [-0.2, -0.15) is 0 Å². The number of halogens is 1. The van der Waals surface area contributed by atoms with Crippen molar-refractivity contribution in [2.75, 3.05) is 26.8 Å². The highest BCUT2D eigenvalue weighted by molar-refractivity contribution is 6.31. The third kappa shape index (κ3) is 2.63. The predicted molar refractivity (Wildman–Crippen MR) is 96.3 cm³/mol. The van der Waals surface area contributed by atoms with E-state index in [9.17, 15) is 0 Å². The van der Waals surface area contributed by atoms with E-state index in [1.165, 1.54) is 0 Å². The molecule has 0 aliphatic carbocycles. The molecule has 0 fully saturated rings. The molecule has 0 spiro atoms. The Bertz CT molecular complexity index is 841. The van der Waals surface area contributed by atoms with Gasteiger partial charge in [0.25, 0.3) is 0 Å². The fourth-order valence-electron chi connectivity index (χ4n) is 3.06. The first-order valence-corrected chi connectivity index (χ1v) is 8.23. The molecule has 0 unspecified atom stereocenters. The van der Waals surface area contributed by atoms with Crippen molar-refractivity contribution in [1.29, 1.82) is 0 Å². The molecule has 0 bridgehead atoms. The number of nitrogens with zero attached hydrogens (tertiary/aromatic N) is 1. The topological polar surface area (TPSA) is 42.8 Å². The van der Waals surface area contributed by atoms with Gasteiger partial charge in [-0.25, -0.2) is 0 Å². The van der Waals surface area contributed by atoms with Crippen LogP contribution in [-0.2, 0) is 0 Å². The Morgan fingerprint density at radius 1 is 1.17 bits per heavy atom. The molecule has 5 heteroatoms. The molecule has 0 saturated heterocycles. The van der Waals surface area contributed by atoms with Gasteiger partial charge in [-0.1, -0.05) is 11.6 Å². The quantitative estimate of drug-likeness (QED) is 0.909. The van der Waals surface area contributed by atoms with Crippen LogP contribution in [0, 0.1) is 0 Å². The first kappa shape index (κ1) is 15.1. The van der Waals surface area contributed by atoms with Gasteiger partial charge in [0.2, 0.25) is 0 Å². The maximum absolute atomic E-state index is 6.19. The van der Waals surface area contributed by atoms with Crippen LogP contribution in [0.1, 0.15) is 11.1 Å². The molecule has 2 heterocycles. The Morgan fingerprint density at radius 3 is 2.79 bits per heavy atom. The van der Waals surface area contributed by atoms with Crippen molar-refractivity contribution in [1.82, 2.24) is 5.32 Å². The van der Waals surface area contributed by atoms with E-state index in [-0.39, 0.29) is 0 Å². The Morgan fingerprint density at radius 2 is 2.00 bits per heavy atom. The number of benzene rings is 2. The van der Waals surface area contributed by atoms with E-state index in [4.69, 9.17) is 26.1 Å². The second kappa shape index (κ2) is 6.21. The summed E-state index contributed by atoms with van der Waals surface area (Å²) in [5.41, 5.74) is 5.13. The monoisotopic (exact) mass is 340 g/mol. The molecule has 2 aliphatic heterocycles. The predicted octanol–water partition coefficient (Wildman–Crippen LogP) is 3.54. The van der Waals surface area contributed by atoms with Crippen LogP contribution in [0.15, 0.2) is 53.0 Å². The molecule has 2 aromatic rings. The zero-order valence-corrected chi connectivity index (χ0v) is 14.1. The molecule has 24 heavy (non-hydrogen) atoms. The van der Waals surface area contributed by atoms with Crippen LogP contribution in [0.25, 0.3) is 5.70 Å². The summed E-state index contributed by atoms with van der Waals surface area (Å²) in [6.45, 7) is 1.98. The van der Waals surface area contributed by atoms with Gasteiger partial charge in [0.15, 0.2) is 0 Å². The van der Waals surface area contributed by atoms with E-state index in [1.54, 1.807) is 7.11 Å². The van der Waals surface area contributed by atoms with Crippen molar-refractivity contribution in [2.24, 2.45) is 4.99 Å². The summed E-state index contributed by atoms with van der Waals surface area (Å²) < 4.78 is 11.2. The standard InChI is InChI=1S/C19H17ClN2O2/c1-23-14-5-2-12(3-6-14)18-16-11-24-17-7-4-13(20)10-15(17)19(16)22-9-8-21-18/h2-7,10,22H,8-9,11H2,1H3. The summed E-state index contributed by atoms with van der Waals surface area (Å²) in [6.07, 6.45) is 0. The fraction of sp³-hybridized carbons (Fsp3) is 0.211. The lowest BCUT2D eigenvalue weighted by Crippen LogP contribution is -2.24. The summed E-state index contributed by atoms with van der Waals surface area (Å²) in [7, 11) is 1.67. The highest BCUT2D eigenvalue weighted by Gasteiger charge is 2.26. The third-order valence-corrected chi connectivity index (χ3v) is 4.45. The normalized spacial score (nSPS) is 16.2. The molecular formula is C19H17ClN2O2. The zero-order chi connectivity index (χ0) is 16.5. The number of methoxy groups -OCH3 is 1. The number of rotatable bonds is 2. The SMILES string of the molecule is COc1ccc(C2=NCCNC3=C2COc2ccc(Cl)cc23)cc1. The van der Waals surface area contributed by atoms with E-state index in [0.717, 1.165) is 46.2 Å². The Kier molecular flexibility index (Phi) is 3.90. The lowest BCUT2D eigenvalue weighted by molar-refractivity contribution is 0.351. The molecule has 2 aromatic carbocycles. The van der Waals surface area contributed by atoms with Crippen molar-refractivity contribution in [3.8, 4) is 11.5 Å². The van der Waals surface area contributed by atoms with Gasteiger partial charge in [-0.05, 0) is 42.5 Å². The molecule has 2 aliphatic rings. The number of hydrogen-bond donors (Lipinski definition) is 1. The number of nitrogens with one attached hydrogen (secondary N) is 1. The zero-order valence-electron chi connectivity index (χ0n) is 13.3. The van der Waals surface area contributed by atoms with Crippen LogP contribution in [0.2, 0.25) is 5.02 Å². The number of aliphatic imine (C=N–C) groups is 1. The second-order valence-electron chi connectivity index (χ2n) is 5.67. The van der Waals surface area contributed by atoms with Gasteiger partial charge in [-0.3, -0.25) is 4.99 Å². The van der Waals surface area contributed by atoms with Gasteiger partial charge in [-0.15, -0.1) is 0 Å². The van der Waals surface area contributed by atoms with Crippen molar-refractivity contribution >= 4 is 23.0 Å². The first-order chi connectivity index (χ1) is 11.8. The van der Waals surface area contributed by atoms with E-state index in [0.29, 0.717) is 18.2 Å². The van der Waals surface area contributed by atoms with Crippen molar-refractivity contribution in [2.45, 2.75) is 0 Å². The van der Waals surface area contributed by atoms with Gasteiger partial charge >= 0.3 is 0 Å². The second-order valence-corrected chi connectivity index (χ2v) is 6.10. The maximum atomic E-state index is 6.19. The Hall–Kier alpha value is -2.46. The summed E-state index contributed by atoms with van der Waals surface area (Å²) >= 11 is 6.19. The maximum Gasteiger partial charge on any atom is 0.129 e. The van der Waals surface area contributed by atoms with Crippen molar-refractivity contribution in [3.63, 3.8) is 0 Å². The minimum Gasteiger partial charge on any atom is -0.497 e. The average Bonchev–Trinajstić information content (AvgIpc) is 2.84. The molecule has 122 valence electrons. The lowest BCUT2D eigenvalue weighted by atomic mass is 9.95. The average molecular weight is 341 g/mol. The molecule has 4 rings (SSSR count). The van der Waals surface area contributed by atoms with Gasteiger partial charge in [0, 0.05) is 28.3 Å². The molecule has 0 amide bonds. The number of fused-ring (bicyclic) bond motifs is 2. The summed E-state index contributed by atoms with van der Waals surface area (Å²) in [5, 5.41) is 4.19. The first-order valence-electron chi connectivity index (χ1n) is 7.85. The van der Waals surface area contributed by atoms with Crippen LogP contribution >= 0.6 is 11.6 Å². The molecule has 1 N–H and O–H groups in total. The highest BCUT2D eigenvalue weighted by Crippen LogP contribution is 2.35. The van der Waals surface area contributed by atoms with Crippen LogP contribution in [-0.4, -0.2) is 32.5 Å². The van der Waals surface area contributed by atoms with Crippen molar-refractivity contribution in [3.05, 3.63) is 64.2 Å². The van der Waals surface area contributed by atoms with Gasteiger partial charge in [0.1, 0.15) is 18.1 Å². The van der Waals surface area contributed by atoms with E-state index < -0.39 is 0 Å². The summed E-state index contributed by atoms with van der Waals surface area (Å²) in [5.74, 6) is 1.68. The highest BCUT2D eigenvalue weighted by atomic mass is 35.5. The van der Waals surface area contributed by atoms with Gasteiger partial charge < -0.3 is 14.8 Å². The minimum atomic E-state index is 0.488. The van der Waals surface area contributed by atoms with E-state index >= 15 is 0 Å². The van der Waals surface area contributed by atoms with Crippen LogP contribution in [0.3, 0.4) is 0 Å². The van der Waals surface area contributed by atoms with E-state index in [2.05, 4.69) is 5.32 Å². The molecule has 0 atom stereocenters. The molecular weight excluding hydrogens is 324 g/mol. The summed E-state index contributed by atoms with van der Waals surface area (Å²) in [4.78, 5) is 4.77. The molecule has 0 saturated carbocycles. The number of hydrogen-bond acceptors (Lipinski definition) is 4. The van der Waals surface area contributed by atoms with Crippen LogP contribution < -0.4 is 14.8 Å². The van der Waals surface area contributed by atoms with Crippen molar-refractivity contribution < 1.29 is 9.47 Å². The van der Waals surface area contributed by atoms with Gasteiger partial charge in [0.05, 0.1) is 25.1 Å². The number of ether oxygens (including phenoxy) is 2. The Labute approximate surface area is 145 Å². The molecule has 0 aromatic heterocycles. The molecule has 0 radical (unpaired) electrons. The Balaban J connectivity index is 1.82. The lowest BCUT2D eigenvalue weighted by Gasteiger charge is -2.24. The smallest absolute Gasteiger partial charge is 0.129 e. The molecule has 4 nitrogen and oxygen atoms in total. The van der Waals surface area contributed by atoms with Crippen LogP contribution in [0.4, 0.5) is 0 Å². The van der Waals surface area contributed by atoms with E-state index in [1.807, 2.05) is 42.5 Å². The minimum absolute atomic E-state index is 0.488. The van der Waals surface area contributed by atoms with Crippen LogP contribution in [0.5, 0.6) is 11.5 Å². The third-order valence-electron chi connectivity index (χ3n) is 4.22. The fourth-order valence-corrected chi connectivity index (χ4v) is 3.23.